The predicted molar refractivity (Wildman–Crippen MR) is 87.9 cm³/mol. The van der Waals surface area contributed by atoms with E-state index in [1.807, 2.05) is 0 Å². The van der Waals surface area contributed by atoms with E-state index in [0.717, 1.165) is 13.8 Å². The number of rotatable bonds is 7. The molecule has 1 aliphatic rings. The molecule has 1 rings (SSSR count). The van der Waals surface area contributed by atoms with Crippen molar-refractivity contribution in [2.45, 2.75) is 45.4 Å². The van der Waals surface area contributed by atoms with Crippen LogP contribution in [-0.2, 0) is 42.9 Å². The van der Waals surface area contributed by atoms with Crippen molar-refractivity contribution in [2.75, 3.05) is 26.7 Å². The maximum absolute atomic E-state index is 12.1. The molecule has 1 heterocycles. The minimum atomic E-state index is -1.34. The zero-order valence-electron chi connectivity index (χ0n) is 15.7. The van der Waals surface area contributed by atoms with Crippen LogP contribution in [0.5, 0.6) is 0 Å². The first kappa shape index (κ1) is 22.4. The summed E-state index contributed by atoms with van der Waals surface area (Å²) in [7, 11) is 1.70. The summed E-state index contributed by atoms with van der Waals surface area (Å²) >= 11 is 0. The van der Waals surface area contributed by atoms with E-state index in [9.17, 15) is 19.2 Å². The van der Waals surface area contributed by atoms with Crippen molar-refractivity contribution < 1.29 is 47.8 Å². The van der Waals surface area contributed by atoms with Crippen molar-refractivity contribution in [2.24, 2.45) is 0 Å². The fourth-order valence-corrected chi connectivity index (χ4v) is 2.46. The second-order valence-corrected chi connectivity index (χ2v) is 6.00. The lowest BCUT2D eigenvalue weighted by Gasteiger charge is -2.39. The Labute approximate surface area is 157 Å². The normalized spacial score (nSPS) is 25.4. The molecular formula is C17H24NO9+. The van der Waals surface area contributed by atoms with Crippen molar-refractivity contribution in [3.8, 4) is 12.3 Å². The number of likely N-dealkylation sites (N-methyl/N-ethyl adjacent to an activating group) is 1. The van der Waals surface area contributed by atoms with E-state index in [1.54, 1.807) is 7.05 Å². The van der Waals surface area contributed by atoms with Crippen LogP contribution in [0, 0.1) is 12.3 Å². The third-order valence-electron chi connectivity index (χ3n) is 3.40. The van der Waals surface area contributed by atoms with Crippen molar-refractivity contribution in [1.82, 2.24) is 0 Å². The molecule has 0 amide bonds. The van der Waals surface area contributed by atoms with Gasteiger partial charge in [0.15, 0.2) is 18.8 Å². The molecule has 5 unspecified atom stereocenters. The predicted octanol–water partition coefficient (Wildman–Crippen LogP) is -2.17. The molecular weight excluding hydrogens is 362 g/mol. The largest absolute Gasteiger partial charge is 0.456 e. The molecule has 0 spiro atoms. The number of carbonyl (C=O) groups is 4. The molecule has 0 aromatic carbocycles. The van der Waals surface area contributed by atoms with Gasteiger partial charge in [-0.15, -0.1) is 6.42 Å². The van der Waals surface area contributed by atoms with Crippen LogP contribution in [0.1, 0.15) is 20.8 Å². The van der Waals surface area contributed by atoms with Gasteiger partial charge in [-0.05, 0) is 5.92 Å². The van der Waals surface area contributed by atoms with Crippen LogP contribution in [0.15, 0.2) is 0 Å². The van der Waals surface area contributed by atoms with E-state index in [2.05, 4.69) is 5.92 Å². The smallest absolute Gasteiger partial charge is 0.364 e. The van der Waals surface area contributed by atoms with E-state index in [-0.39, 0.29) is 13.2 Å². The molecule has 0 radical (unpaired) electrons. The highest BCUT2D eigenvalue weighted by atomic mass is 16.7. The van der Waals surface area contributed by atoms with E-state index >= 15 is 0 Å². The Morgan fingerprint density at radius 3 is 2.07 bits per heavy atom. The number of nitrogens with one attached hydrogen (secondary N) is 1. The molecule has 150 valence electrons. The molecule has 1 fully saturated rings. The summed E-state index contributed by atoms with van der Waals surface area (Å²) in [5, 5.41) is 0. The van der Waals surface area contributed by atoms with Crippen LogP contribution < -0.4 is 4.90 Å². The number of carbonyl (C=O) groups excluding carboxylic acids is 4. The molecule has 0 aliphatic carbocycles. The molecule has 0 saturated carbocycles. The quantitative estimate of drug-likeness (QED) is 0.296. The standard InChI is InChI=1S/C17H23NO9/c1-6-7-18(5)8-14(22)27-17-16(26-12(4)21)15(25-11(3)20)13(9-23-17)24-10(2)19/h1,13,15-17H,7-9H2,2-5H3/p+1. The number of terminal acetylenes is 1. The molecule has 1 N–H and O–H groups in total. The van der Waals surface area contributed by atoms with Crippen LogP contribution in [-0.4, -0.2) is 75.2 Å². The van der Waals surface area contributed by atoms with Crippen molar-refractivity contribution in [3.05, 3.63) is 0 Å². The van der Waals surface area contributed by atoms with Gasteiger partial charge in [0.25, 0.3) is 0 Å². The molecule has 5 atom stereocenters. The first-order chi connectivity index (χ1) is 12.6. The Morgan fingerprint density at radius 2 is 1.56 bits per heavy atom. The number of hydrogen-bond acceptors (Lipinski definition) is 9. The monoisotopic (exact) mass is 386 g/mol. The van der Waals surface area contributed by atoms with Crippen molar-refractivity contribution in [3.63, 3.8) is 0 Å². The lowest BCUT2D eigenvalue weighted by Crippen LogP contribution is -3.09. The van der Waals surface area contributed by atoms with Gasteiger partial charge >= 0.3 is 23.9 Å². The Balaban J connectivity index is 2.97. The maximum Gasteiger partial charge on any atom is 0.364 e. The van der Waals surface area contributed by atoms with Crippen molar-refractivity contribution >= 4 is 23.9 Å². The highest BCUT2D eigenvalue weighted by molar-refractivity contribution is 5.71. The molecule has 10 nitrogen and oxygen atoms in total. The van der Waals surface area contributed by atoms with Gasteiger partial charge in [-0.25, -0.2) is 4.79 Å². The number of quaternary nitrogens is 1. The molecule has 0 aromatic rings. The van der Waals surface area contributed by atoms with Gasteiger partial charge < -0.3 is 28.6 Å². The number of hydrogen-bond donors (Lipinski definition) is 1. The van der Waals surface area contributed by atoms with Gasteiger partial charge in [0.05, 0.1) is 13.7 Å². The highest BCUT2D eigenvalue weighted by Gasteiger charge is 2.48. The zero-order chi connectivity index (χ0) is 20.6. The van der Waals surface area contributed by atoms with E-state index in [1.165, 1.54) is 6.92 Å². The molecule has 27 heavy (non-hydrogen) atoms. The molecule has 1 saturated heterocycles. The first-order valence-electron chi connectivity index (χ1n) is 8.21. The molecule has 0 bridgehead atoms. The minimum Gasteiger partial charge on any atom is -0.456 e. The SMILES string of the molecule is C#CC[NH+](C)CC(=O)OC1OCC(OC(C)=O)C(OC(C)=O)C1OC(C)=O. The Bertz CT molecular complexity index is 612. The summed E-state index contributed by atoms with van der Waals surface area (Å²) in [5.41, 5.74) is 0. The van der Waals surface area contributed by atoms with Gasteiger partial charge in [0, 0.05) is 20.8 Å². The zero-order valence-corrected chi connectivity index (χ0v) is 15.7. The van der Waals surface area contributed by atoms with Crippen molar-refractivity contribution in [1.29, 1.82) is 0 Å². The summed E-state index contributed by atoms with van der Waals surface area (Å²) < 4.78 is 26.0. The Hall–Kier alpha value is -2.64. The number of ether oxygens (including phenoxy) is 5. The summed E-state index contributed by atoms with van der Waals surface area (Å²) in [6.45, 7) is 3.47. The van der Waals surface area contributed by atoms with Crippen LogP contribution in [0.2, 0.25) is 0 Å². The summed E-state index contributed by atoms with van der Waals surface area (Å²) in [6, 6.07) is 0. The lowest BCUT2D eigenvalue weighted by molar-refractivity contribution is -0.864. The Morgan fingerprint density at radius 1 is 1.00 bits per heavy atom. The van der Waals surface area contributed by atoms with E-state index < -0.39 is 48.5 Å². The fourth-order valence-electron chi connectivity index (χ4n) is 2.46. The lowest BCUT2D eigenvalue weighted by atomic mass is 10.0. The summed E-state index contributed by atoms with van der Waals surface area (Å²) in [6.07, 6.45) is 0.326. The topological polar surface area (TPSA) is 119 Å². The van der Waals surface area contributed by atoms with Gasteiger partial charge in [-0.3, -0.25) is 14.4 Å². The molecule has 10 heteroatoms. The van der Waals surface area contributed by atoms with Crippen LogP contribution >= 0.6 is 0 Å². The highest BCUT2D eigenvalue weighted by Crippen LogP contribution is 2.25. The van der Waals surface area contributed by atoms with Gasteiger partial charge in [-0.2, -0.15) is 0 Å². The average molecular weight is 386 g/mol. The fraction of sp³-hybridized carbons (Fsp3) is 0.647. The summed E-state index contributed by atoms with van der Waals surface area (Å²) in [4.78, 5) is 47.0. The molecule has 1 aliphatic heterocycles. The van der Waals surface area contributed by atoms with Gasteiger partial charge in [-0.1, -0.05) is 0 Å². The average Bonchev–Trinajstić information content (AvgIpc) is 2.51. The Kier molecular flexibility index (Phi) is 8.71. The maximum atomic E-state index is 12.1. The third kappa shape index (κ3) is 7.64. The van der Waals surface area contributed by atoms with Gasteiger partial charge in [0.1, 0.15) is 6.54 Å². The number of esters is 4. The van der Waals surface area contributed by atoms with E-state index in [0.29, 0.717) is 11.4 Å². The first-order valence-corrected chi connectivity index (χ1v) is 8.21. The van der Waals surface area contributed by atoms with Crippen LogP contribution in [0.25, 0.3) is 0 Å². The van der Waals surface area contributed by atoms with Crippen LogP contribution in [0.3, 0.4) is 0 Å². The second kappa shape index (κ2) is 10.5. The van der Waals surface area contributed by atoms with Gasteiger partial charge in [0.2, 0.25) is 12.4 Å². The van der Waals surface area contributed by atoms with Crippen LogP contribution in [0.4, 0.5) is 0 Å². The third-order valence-corrected chi connectivity index (χ3v) is 3.40. The summed E-state index contributed by atoms with van der Waals surface area (Å²) in [5.74, 6) is -0.301. The van der Waals surface area contributed by atoms with E-state index in [4.69, 9.17) is 30.1 Å². The molecule has 0 aromatic heterocycles. The second-order valence-electron chi connectivity index (χ2n) is 6.00. The minimum absolute atomic E-state index is 0.0531.